The van der Waals surface area contributed by atoms with Gasteiger partial charge in [-0.05, 0) is 32.9 Å². The standard InChI is InChI=1S/C9H11N2.BF4/c1-6-4-7(2)9(11-10)8(3)5-6;2-1(3,4)5/h4-5H,1-3H3;/q+1;-1. The summed E-state index contributed by atoms with van der Waals surface area (Å²) >= 11 is 0. The van der Waals surface area contributed by atoms with Gasteiger partial charge in [0, 0.05) is 11.1 Å². The topological polar surface area (TPSA) is 28.1 Å². The molecule has 16 heavy (non-hydrogen) atoms. The van der Waals surface area contributed by atoms with Crippen molar-refractivity contribution < 1.29 is 17.3 Å². The molecule has 88 valence electrons. The Labute approximate surface area is 91.0 Å². The molecule has 0 aliphatic carbocycles. The van der Waals surface area contributed by atoms with Crippen molar-refractivity contribution in [2.45, 2.75) is 20.8 Å². The lowest BCUT2D eigenvalue weighted by atomic mass is 10.1. The van der Waals surface area contributed by atoms with E-state index >= 15 is 0 Å². The number of nitrogens with zero attached hydrogens (tertiary/aromatic N) is 2. The Morgan fingerprint density at radius 1 is 1.00 bits per heavy atom. The lowest BCUT2D eigenvalue weighted by Crippen LogP contribution is -2.02. The van der Waals surface area contributed by atoms with E-state index in [9.17, 15) is 17.3 Å². The smallest absolute Gasteiger partial charge is 0.418 e. The molecule has 0 unspecified atom stereocenters. The maximum Gasteiger partial charge on any atom is 0.673 e. The average Bonchev–Trinajstić information content (AvgIpc) is 1.99. The van der Waals surface area contributed by atoms with Crippen molar-refractivity contribution in [2.24, 2.45) is 0 Å². The summed E-state index contributed by atoms with van der Waals surface area (Å²) in [6.45, 7) is 5.91. The third kappa shape index (κ3) is 6.01. The molecule has 0 radical (unpaired) electrons. The van der Waals surface area contributed by atoms with E-state index in [0.717, 1.165) is 11.1 Å². The highest BCUT2D eigenvalue weighted by Gasteiger charge is 2.20. The van der Waals surface area contributed by atoms with Crippen molar-refractivity contribution >= 4 is 12.9 Å². The third-order valence-corrected chi connectivity index (χ3v) is 1.74. The van der Waals surface area contributed by atoms with Crippen LogP contribution in [-0.4, -0.2) is 7.25 Å². The average molecular weight is 234 g/mol. The SMILES string of the molecule is Cc1cc(C)c([N+]#N)c(C)c1.F[B-](F)(F)F. The second kappa shape index (κ2) is 5.49. The molecule has 0 fully saturated rings. The van der Waals surface area contributed by atoms with Crippen molar-refractivity contribution in [1.29, 1.82) is 5.39 Å². The third-order valence-electron chi connectivity index (χ3n) is 1.74. The minimum atomic E-state index is -6.00. The molecule has 0 saturated carbocycles. The van der Waals surface area contributed by atoms with Gasteiger partial charge in [-0.25, -0.2) is 0 Å². The number of hydrogen-bond acceptors (Lipinski definition) is 1. The van der Waals surface area contributed by atoms with E-state index < -0.39 is 7.25 Å². The number of hydrogen-bond donors (Lipinski definition) is 0. The van der Waals surface area contributed by atoms with Crippen LogP contribution in [-0.2, 0) is 0 Å². The van der Waals surface area contributed by atoms with Gasteiger partial charge in [0.05, 0.1) is 0 Å². The first-order valence-corrected chi connectivity index (χ1v) is 4.45. The first kappa shape index (κ1) is 14.4. The molecule has 0 N–H and O–H groups in total. The van der Waals surface area contributed by atoms with Crippen LogP contribution in [0.15, 0.2) is 12.1 Å². The maximum absolute atomic E-state index is 9.75. The van der Waals surface area contributed by atoms with Crippen LogP contribution in [0.25, 0.3) is 4.98 Å². The van der Waals surface area contributed by atoms with Gasteiger partial charge in [0.1, 0.15) is 0 Å². The van der Waals surface area contributed by atoms with Crippen LogP contribution in [0.3, 0.4) is 0 Å². The zero-order chi connectivity index (χ0) is 12.9. The zero-order valence-corrected chi connectivity index (χ0v) is 9.14. The van der Waals surface area contributed by atoms with Crippen LogP contribution >= 0.6 is 0 Å². The summed E-state index contributed by atoms with van der Waals surface area (Å²) in [6.07, 6.45) is 0. The Hall–Kier alpha value is -1.58. The Kier molecular flexibility index (Phi) is 4.95. The van der Waals surface area contributed by atoms with E-state index in [-0.39, 0.29) is 0 Å². The van der Waals surface area contributed by atoms with E-state index in [1.54, 1.807) is 0 Å². The van der Waals surface area contributed by atoms with Crippen LogP contribution < -0.4 is 0 Å². The fourth-order valence-corrected chi connectivity index (χ4v) is 1.33. The van der Waals surface area contributed by atoms with E-state index in [1.165, 1.54) is 5.56 Å². The number of aryl methyl sites for hydroxylation is 3. The van der Waals surface area contributed by atoms with Gasteiger partial charge in [-0.2, -0.15) is 0 Å². The summed E-state index contributed by atoms with van der Waals surface area (Å²) in [5, 5.41) is 8.62. The highest BCUT2D eigenvalue weighted by atomic mass is 19.5. The molecule has 0 aliphatic heterocycles. The lowest BCUT2D eigenvalue weighted by molar-refractivity contribution is 0.368. The van der Waals surface area contributed by atoms with Crippen molar-refractivity contribution in [3.63, 3.8) is 0 Å². The van der Waals surface area contributed by atoms with Gasteiger partial charge < -0.3 is 17.3 Å². The van der Waals surface area contributed by atoms with Gasteiger partial charge in [0.25, 0.3) is 0 Å². The van der Waals surface area contributed by atoms with Gasteiger partial charge in [0.2, 0.25) is 5.39 Å². The van der Waals surface area contributed by atoms with Gasteiger partial charge in [-0.1, -0.05) is 5.56 Å². The van der Waals surface area contributed by atoms with E-state index in [0.29, 0.717) is 5.69 Å². The molecular weight excluding hydrogens is 223 g/mol. The normalized spacial score (nSPS) is 10.1. The maximum atomic E-state index is 9.75. The molecule has 0 saturated heterocycles. The largest absolute Gasteiger partial charge is 0.673 e. The molecule has 7 heteroatoms. The van der Waals surface area contributed by atoms with E-state index in [4.69, 9.17) is 5.39 Å². The molecule has 0 aliphatic rings. The van der Waals surface area contributed by atoms with Crippen LogP contribution in [0.1, 0.15) is 16.7 Å². The van der Waals surface area contributed by atoms with Gasteiger partial charge in [-0.3, -0.25) is 0 Å². The number of halogens is 4. The first-order chi connectivity index (χ1) is 7.15. The molecule has 0 bridgehead atoms. The number of benzene rings is 1. The second-order valence-electron chi connectivity index (χ2n) is 3.34. The predicted octanol–water partition coefficient (Wildman–Crippen LogP) is 4.40. The van der Waals surface area contributed by atoms with Crippen molar-refractivity contribution in [3.05, 3.63) is 33.8 Å². The zero-order valence-electron chi connectivity index (χ0n) is 9.14. The molecule has 0 atom stereocenters. The fraction of sp³-hybridized carbons (Fsp3) is 0.333. The Morgan fingerprint density at radius 2 is 1.31 bits per heavy atom. The minimum Gasteiger partial charge on any atom is -0.418 e. The lowest BCUT2D eigenvalue weighted by Gasteiger charge is -1.94. The monoisotopic (exact) mass is 234 g/mol. The molecule has 1 aromatic carbocycles. The summed E-state index contributed by atoms with van der Waals surface area (Å²) < 4.78 is 39.0. The highest BCUT2D eigenvalue weighted by Crippen LogP contribution is 2.24. The van der Waals surface area contributed by atoms with E-state index in [2.05, 4.69) is 4.98 Å². The quantitative estimate of drug-likeness (QED) is 0.371. The molecule has 0 heterocycles. The summed E-state index contributed by atoms with van der Waals surface area (Å²) in [7, 11) is -6.00. The molecule has 1 aromatic rings. The van der Waals surface area contributed by atoms with Gasteiger partial charge in [-0.15, -0.1) is 0 Å². The number of rotatable bonds is 0. The Balaban J connectivity index is 0.000000385. The molecule has 0 amide bonds. The van der Waals surface area contributed by atoms with Crippen molar-refractivity contribution in [2.75, 3.05) is 0 Å². The molecule has 1 rings (SSSR count). The molecular formula is C9H11BF4N2. The fourth-order valence-electron chi connectivity index (χ4n) is 1.33. The second-order valence-corrected chi connectivity index (χ2v) is 3.34. The van der Waals surface area contributed by atoms with Crippen LogP contribution in [0, 0.1) is 26.2 Å². The first-order valence-electron chi connectivity index (χ1n) is 4.45. The molecule has 2 nitrogen and oxygen atoms in total. The summed E-state index contributed by atoms with van der Waals surface area (Å²) in [5.74, 6) is 0. The van der Waals surface area contributed by atoms with Crippen LogP contribution in [0.5, 0.6) is 0 Å². The van der Waals surface area contributed by atoms with Gasteiger partial charge in [0.15, 0.2) is 4.98 Å². The van der Waals surface area contributed by atoms with E-state index in [1.807, 2.05) is 32.9 Å². The minimum absolute atomic E-state index is 0.690. The number of diazo groups is 1. The van der Waals surface area contributed by atoms with Gasteiger partial charge >= 0.3 is 12.9 Å². The Bertz CT molecular complexity index is 380. The summed E-state index contributed by atoms with van der Waals surface area (Å²) in [6, 6.07) is 4.00. The highest BCUT2D eigenvalue weighted by molar-refractivity contribution is 6.50. The van der Waals surface area contributed by atoms with Crippen molar-refractivity contribution in [1.82, 2.24) is 0 Å². The summed E-state index contributed by atoms with van der Waals surface area (Å²) in [4.78, 5) is 3.21. The predicted molar refractivity (Wildman–Crippen MR) is 55.6 cm³/mol. The molecule has 0 aromatic heterocycles. The van der Waals surface area contributed by atoms with Crippen LogP contribution in [0.4, 0.5) is 23.0 Å². The van der Waals surface area contributed by atoms with Crippen LogP contribution in [0.2, 0.25) is 0 Å². The molecule has 0 spiro atoms. The van der Waals surface area contributed by atoms with Crippen molar-refractivity contribution in [3.8, 4) is 0 Å². The summed E-state index contributed by atoms with van der Waals surface area (Å²) in [5.41, 5.74) is 3.93. The Morgan fingerprint density at radius 3 is 1.56 bits per heavy atom.